The molecule has 1 fully saturated rings. The largest absolute Gasteiger partial charge is 0.480 e. The van der Waals surface area contributed by atoms with E-state index in [2.05, 4.69) is 5.32 Å². The fourth-order valence-electron chi connectivity index (χ4n) is 2.54. The number of carbonyl (C=O) groups excluding carboxylic acids is 3. The predicted molar refractivity (Wildman–Crippen MR) is 118 cm³/mol. The minimum Gasteiger partial charge on any atom is -0.480 e. The predicted octanol–water partition coefficient (Wildman–Crippen LogP) is 1.67. The molecule has 0 saturated carbocycles. The van der Waals surface area contributed by atoms with E-state index >= 15 is 0 Å². The number of carbonyl (C=O) groups is 4. The van der Waals surface area contributed by atoms with Crippen LogP contribution in [-0.2, 0) is 19.2 Å². The van der Waals surface area contributed by atoms with E-state index < -0.39 is 23.8 Å². The number of primary amides is 1. The molecule has 1 unspecified atom stereocenters. The van der Waals surface area contributed by atoms with Crippen molar-refractivity contribution in [2.45, 2.75) is 25.3 Å². The first-order chi connectivity index (χ1) is 14.3. The van der Waals surface area contributed by atoms with Crippen molar-refractivity contribution in [1.82, 2.24) is 10.2 Å². The summed E-state index contributed by atoms with van der Waals surface area (Å²) in [6.45, 7) is 0.0262. The second-order valence-electron chi connectivity index (χ2n) is 6.34. The van der Waals surface area contributed by atoms with Gasteiger partial charge in [0.2, 0.25) is 11.8 Å². The highest BCUT2D eigenvalue weighted by atomic mass is 32.2. The topological polar surface area (TPSA) is 130 Å². The number of aliphatic carboxylic acids is 1. The van der Waals surface area contributed by atoms with Gasteiger partial charge >= 0.3 is 5.97 Å². The molecule has 0 bridgehead atoms. The molecule has 1 aromatic carbocycles. The molecule has 0 spiro atoms. The van der Waals surface area contributed by atoms with Crippen LogP contribution >= 0.6 is 24.0 Å². The van der Waals surface area contributed by atoms with Gasteiger partial charge in [-0.1, -0.05) is 66.5 Å². The maximum atomic E-state index is 12.5. The SMILES string of the molecule is NC(=O)CCC(NC(=O)CCN1C(=O)C(=CC=Cc2ccccc2)SC1=S)C(=O)O. The summed E-state index contributed by atoms with van der Waals surface area (Å²) in [6.07, 6.45) is 4.89. The van der Waals surface area contributed by atoms with Gasteiger partial charge < -0.3 is 16.2 Å². The number of benzene rings is 1. The van der Waals surface area contributed by atoms with Crippen molar-refractivity contribution < 1.29 is 24.3 Å². The zero-order valence-corrected chi connectivity index (χ0v) is 17.6. The molecule has 1 atom stereocenters. The Morgan fingerprint density at radius 3 is 2.57 bits per heavy atom. The zero-order chi connectivity index (χ0) is 22.1. The lowest BCUT2D eigenvalue weighted by atomic mass is 10.1. The van der Waals surface area contributed by atoms with Crippen molar-refractivity contribution in [2.24, 2.45) is 5.73 Å². The summed E-state index contributed by atoms with van der Waals surface area (Å²) in [5.74, 6) is -2.78. The fourth-order valence-corrected chi connectivity index (χ4v) is 3.80. The number of nitrogens with one attached hydrogen (secondary N) is 1. The third-order valence-electron chi connectivity index (χ3n) is 4.08. The summed E-state index contributed by atoms with van der Waals surface area (Å²) in [4.78, 5) is 48.3. The van der Waals surface area contributed by atoms with E-state index in [1.807, 2.05) is 36.4 Å². The first kappa shape index (κ1) is 23.3. The summed E-state index contributed by atoms with van der Waals surface area (Å²) in [5, 5.41) is 11.5. The molecule has 0 radical (unpaired) electrons. The number of thioether (sulfide) groups is 1. The maximum Gasteiger partial charge on any atom is 0.326 e. The average molecular weight is 448 g/mol. The fraction of sp³-hybridized carbons (Fsp3) is 0.250. The van der Waals surface area contributed by atoms with E-state index in [-0.39, 0.29) is 31.7 Å². The number of hydrogen-bond donors (Lipinski definition) is 3. The van der Waals surface area contributed by atoms with E-state index in [1.54, 1.807) is 12.2 Å². The molecule has 1 aliphatic rings. The number of amides is 3. The van der Waals surface area contributed by atoms with Crippen molar-refractivity contribution in [1.29, 1.82) is 0 Å². The number of carboxylic acids is 1. The lowest BCUT2D eigenvalue weighted by molar-refractivity contribution is -0.142. The van der Waals surface area contributed by atoms with E-state index in [9.17, 15) is 19.2 Å². The molecule has 1 heterocycles. The normalized spacial score (nSPS) is 16.3. The van der Waals surface area contributed by atoms with Crippen LogP contribution < -0.4 is 11.1 Å². The number of allylic oxidation sites excluding steroid dienone is 2. The van der Waals surface area contributed by atoms with Gasteiger partial charge in [-0.25, -0.2) is 4.79 Å². The Morgan fingerprint density at radius 1 is 1.23 bits per heavy atom. The molecule has 8 nitrogen and oxygen atoms in total. The van der Waals surface area contributed by atoms with Crippen LogP contribution in [0, 0.1) is 0 Å². The van der Waals surface area contributed by atoms with Gasteiger partial charge in [0, 0.05) is 19.4 Å². The van der Waals surface area contributed by atoms with Gasteiger partial charge in [0.25, 0.3) is 5.91 Å². The van der Waals surface area contributed by atoms with Crippen LogP contribution in [0.5, 0.6) is 0 Å². The highest BCUT2D eigenvalue weighted by Crippen LogP contribution is 2.31. The Bertz CT molecular complexity index is 899. The Kier molecular flexibility index (Phi) is 8.75. The number of nitrogens with zero attached hydrogens (tertiary/aromatic N) is 1. The maximum absolute atomic E-state index is 12.5. The zero-order valence-electron chi connectivity index (χ0n) is 15.9. The number of carboxylic acid groups (broad SMARTS) is 1. The van der Waals surface area contributed by atoms with Crippen molar-refractivity contribution >= 4 is 58.1 Å². The quantitative estimate of drug-likeness (QED) is 0.367. The Hall–Kier alpha value is -2.98. The number of hydrogen-bond acceptors (Lipinski definition) is 6. The minimum absolute atomic E-state index is 0.0262. The first-order valence-electron chi connectivity index (χ1n) is 9.05. The Labute approximate surface area is 183 Å². The van der Waals surface area contributed by atoms with Gasteiger partial charge in [-0.05, 0) is 18.1 Å². The number of thiocarbonyl (C=S) groups is 1. The average Bonchev–Trinajstić information content (AvgIpc) is 2.97. The van der Waals surface area contributed by atoms with Crippen LogP contribution in [-0.4, -0.2) is 50.6 Å². The van der Waals surface area contributed by atoms with Crippen LogP contribution in [0.25, 0.3) is 6.08 Å². The molecule has 1 aromatic rings. The van der Waals surface area contributed by atoms with Crippen LogP contribution in [0.4, 0.5) is 0 Å². The van der Waals surface area contributed by atoms with Crippen molar-refractivity contribution in [2.75, 3.05) is 6.54 Å². The lowest BCUT2D eigenvalue weighted by Crippen LogP contribution is -2.42. The molecule has 10 heteroatoms. The summed E-state index contributed by atoms with van der Waals surface area (Å²) in [5.41, 5.74) is 6.00. The Morgan fingerprint density at radius 2 is 1.93 bits per heavy atom. The molecule has 3 amide bonds. The van der Waals surface area contributed by atoms with Crippen LogP contribution in [0.2, 0.25) is 0 Å². The third-order valence-corrected chi connectivity index (χ3v) is 5.48. The Balaban J connectivity index is 1.89. The minimum atomic E-state index is -1.26. The molecule has 1 aliphatic heterocycles. The second-order valence-corrected chi connectivity index (χ2v) is 8.01. The van der Waals surface area contributed by atoms with Crippen LogP contribution in [0.15, 0.2) is 47.4 Å². The van der Waals surface area contributed by atoms with Crippen molar-refractivity contribution in [3.63, 3.8) is 0 Å². The standard InChI is InChI=1S/C20H21N3O5S2/c21-16(24)10-9-14(19(27)28)22-17(25)11-12-23-18(26)15(30-20(23)29)8-4-7-13-5-2-1-3-6-13/h1-8,14H,9-12H2,(H2,21,24)(H,22,25)(H,27,28). The smallest absolute Gasteiger partial charge is 0.326 e. The number of nitrogens with two attached hydrogens (primary N) is 1. The summed E-state index contributed by atoms with van der Waals surface area (Å²) in [6, 6.07) is 8.37. The summed E-state index contributed by atoms with van der Waals surface area (Å²) < 4.78 is 0.329. The van der Waals surface area contributed by atoms with Gasteiger partial charge in [0.15, 0.2) is 0 Å². The van der Waals surface area contributed by atoms with Crippen molar-refractivity contribution in [3.05, 3.63) is 53.0 Å². The highest BCUT2D eigenvalue weighted by molar-refractivity contribution is 8.26. The van der Waals surface area contributed by atoms with Crippen LogP contribution in [0.1, 0.15) is 24.8 Å². The van der Waals surface area contributed by atoms with Gasteiger partial charge in [-0.2, -0.15) is 0 Å². The lowest BCUT2D eigenvalue weighted by Gasteiger charge is -2.16. The summed E-state index contributed by atoms with van der Waals surface area (Å²) in [7, 11) is 0. The van der Waals surface area contributed by atoms with Crippen molar-refractivity contribution in [3.8, 4) is 0 Å². The van der Waals surface area contributed by atoms with Crippen LogP contribution in [0.3, 0.4) is 0 Å². The van der Waals surface area contributed by atoms with Gasteiger partial charge in [0.1, 0.15) is 10.4 Å². The molecule has 4 N–H and O–H groups in total. The summed E-state index contributed by atoms with van der Waals surface area (Å²) >= 11 is 6.36. The molecule has 158 valence electrons. The second kappa shape index (κ2) is 11.3. The molecule has 30 heavy (non-hydrogen) atoms. The van der Waals surface area contributed by atoms with Gasteiger partial charge in [-0.3, -0.25) is 19.3 Å². The third kappa shape index (κ3) is 7.12. The van der Waals surface area contributed by atoms with E-state index in [0.29, 0.717) is 9.23 Å². The van der Waals surface area contributed by atoms with E-state index in [1.165, 1.54) is 4.90 Å². The molecule has 0 aliphatic carbocycles. The van der Waals surface area contributed by atoms with E-state index in [4.69, 9.17) is 23.1 Å². The van der Waals surface area contributed by atoms with Gasteiger partial charge in [0.05, 0.1) is 4.91 Å². The molecular weight excluding hydrogens is 426 g/mol. The van der Waals surface area contributed by atoms with E-state index in [0.717, 1.165) is 17.3 Å². The molecule has 0 aromatic heterocycles. The molecule has 2 rings (SSSR count). The first-order valence-corrected chi connectivity index (χ1v) is 10.3. The molecule has 1 saturated heterocycles. The van der Waals surface area contributed by atoms with Gasteiger partial charge in [-0.15, -0.1) is 0 Å². The highest BCUT2D eigenvalue weighted by Gasteiger charge is 2.32. The number of rotatable bonds is 10. The molecular formula is C20H21N3O5S2. The monoisotopic (exact) mass is 447 g/mol.